The third kappa shape index (κ3) is 5.95. The van der Waals surface area contributed by atoms with Crippen LogP contribution in [0.2, 0.25) is 0 Å². The van der Waals surface area contributed by atoms with E-state index >= 15 is 0 Å². The second-order valence-electron chi connectivity index (χ2n) is 6.56. The van der Waals surface area contributed by atoms with E-state index in [-0.39, 0.29) is 18.3 Å². The maximum atomic E-state index is 12.4. The third-order valence-corrected chi connectivity index (χ3v) is 4.98. The molecule has 1 aliphatic heterocycles. The first kappa shape index (κ1) is 22.4. The van der Waals surface area contributed by atoms with Crippen molar-refractivity contribution in [2.24, 2.45) is 11.8 Å². The standard InChI is InChI=1S/C19H30N2O4.ClH/c1-13(14-5-7-20-8-6-14)9-19(22)21-12-16-17(24-3)10-15(23-2)11-18(16)25-4;/h10-11,13-14,20H,5-9,12H2,1-4H3,(H,21,22);1H. The van der Waals surface area contributed by atoms with Crippen molar-refractivity contribution >= 4 is 18.3 Å². The van der Waals surface area contributed by atoms with Gasteiger partial charge in [-0.3, -0.25) is 4.79 Å². The van der Waals surface area contributed by atoms with E-state index in [9.17, 15) is 4.79 Å². The Bertz CT molecular complexity index is 552. The van der Waals surface area contributed by atoms with Crippen molar-refractivity contribution in [2.75, 3.05) is 34.4 Å². The van der Waals surface area contributed by atoms with Gasteiger partial charge in [0, 0.05) is 18.6 Å². The Kier molecular flexibility index (Phi) is 9.59. The van der Waals surface area contributed by atoms with Crippen LogP contribution in [0.15, 0.2) is 12.1 Å². The van der Waals surface area contributed by atoms with Gasteiger partial charge in [-0.1, -0.05) is 6.92 Å². The van der Waals surface area contributed by atoms with Crippen LogP contribution < -0.4 is 24.8 Å². The highest BCUT2D eigenvalue weighted by molar-refractivity contribution is 5.85. The number of methoxy groups -OCH3 is 3. The molecule has 26 heavy (non-hydrogen) atoms. The van der Waals surface area contributed by atoms with Crippen molar-refractivity contribution in [3.8, 4) is 17.2 Å². The molecule has 0 radical (unpaired) electrons. The average molecular weight is 387 g/mol. The van der Waals surface area contributed by atoms with Gasteiger partial charge in [0.2, 0.25) is 5.91 Å². The molecule has 0 spiro atoms. The molecule has 0 aliphatic carbocycles. The van der Waals surface area contributed by atoms with Gasteiger partial charge in [-0.05, 0) is 37.8 Å². The Labute approximate surface area is 162 Å². The highest BCUT2D eigenvalue weighted by Gasteiger charge is 2.22. The molecule has 2 N–H and O–H groups in total. The molecular weight excluding hydrogens is 356 g/mol. The molecule has 6 nitrogen and oxygen atoms in total. The topological polar surface area (TPSA) is 68.8 Å². The number of carbonyl (C=O) groups is 1. The first-order valence-electron chi connectivity index (χ1n) is 8.85. The molecule has 1 saturated heterocycles. The summed E-state index contributed by atoms with van der Waals surface area (Å²) in [6.07, 6.45) is 2.84. The van der Waals surface area contributed by atoms with Gasteiger partial charge in [-0.25, -0.2) is 0 Å². The minimum absolute atomic E-state index is 0. The molecule has 1 aromatic rings. The van der Waals surface area contributed by atoms with E-state index < -0.39 is 0 Å². The maximum absolute atomic E-state index is 12.4. The molecule has 1 atom stereocenters. The summed E-state index contributed by atoms with van der Waals surface area (Å²) in [5, 5.41) is 6.37. The van der Waals surface area contributed by atoms with Crippen molar-refractivity contribution in [3.63, 3.8) is 0 Å². The van der Waals surface area contributed by atoms with Crippen LogP contribution in [0.25, 0.3) is 0 Å². The minimum Gasteiger partial charge on any atom is -0.496 e. The average Bonchev–Trinajstić information content (AvgIpc) is 2.66. The fourth-order valence-corrected chi connectivity index (χ4v) is 3.38. The quantitative estimate of drug-likeness (QED) is 0.719. The summed E-state index contributed by atoms with van der Waals surface area (Å²) < 4.78 is 16.1. The molecule has 7 heteroatoms. The lowest BCUT2D eigenvalue weighted by atomic mass is 9.84. The predicted molar refractivity (Wildman–Crippen MR) is 105 cm³/mol. The van der Waals surface area contributed by atoms with Crippen LogP contribution >= 0.6 is 12.4 Å². The van der Waals surface area contributed by atoms with Crippen molar-refractivity contribution in [2.45, 2.75) is 32.7 Å². The van der Waals surface area contributed by atoms with E-state index in [1.54, 1.807) is 33.5 Å². The Morgan fingerprint density at radius 3 is 2.23 bits per heavy atom. The Morgan fingerprint density at radius 2 is 1.73 bits per heavy atom. The molecule has 1 aliphatic rings. The molecule has 1 fully saturated rings. The van der Waals surface area contributed by atoms with Crippen molar-refractivity contribution in [3.05, 3.63) is 17.7 Å². The van der Waals surface area contributed by atoms with Crippen molar-refractivity contribution in [1.82, 2.24) is 10.6 Å². The predicted octanol–water partition coefficient (Wildman–Crippen LogP) is 2.78. The number of benzene rings is 1. The Morgan fingerprint density at radius 1 is 1.15 bits per heavy atom. The van der Waals surface area contributed by atoms with Crippen LogP contribution in [0, 0.1) is 11.8 Å². The number of rotatable bonds is 8. The summed E-state index contributed by atoms with van der Waals surface area (Å²) >= 11 is 0. The lowest BCUT2D eigenvalue weighted by Gasteiger charge is -2.28. The molecule has 1 unspecified atom stereocenters. The number of hydrogen-bond donors (Lipinski definition) is 2. The summed E-state index contributed by atoms with van der Waals surface area (Å²) in [7, 11) is 4.79. The first-order valence-corrected chi connectivity index (χ1v) is 8.85. The van der Waals surface area contributed by atoms with E-state index in [2.05, 4.69) is 17.6 Å². The zero-order valence-corrected chi connectivity index (χ0v) is 16.9. The van der Waals surface area contributed by atoms with Gasteiger partial charge < -0.3 is 24.8 Å². The van der Waals surface area contributed by atoms with Gasteiger partial charge in [0.1, 0.15) is 17.2 Å². The van der Waals surface area contributed by atoms with E-state index in [1.807, 2.05) is 0 Å². The lowest BCUT2D eigenvalue weighted by molar-refractivity contribution is -0.122. The monoisotopic (exact) mass is 386 g/mol. The summed E-state index contributed by atoms with van der Waals surface area (Å²) in [6, 6.07) is 3.59. The Hall–Kier alpha value is -1.66. The van der Waals surface area contributed by atoms with E-state index in [0.29, 0.717) is 42.0 Å². The maximum Gasteiger partial charge on any atom is 0.220 e. The highest BCUT2D eigenvalue weighted by Crippen LogP contribution is 2.34. The molecule has 1 amide bonds. The molecule has 0 aromatic heterocycles. The van der Waals surface area contributed by atoms with Gasteiger partial charge in [-0.2, -0.15) is 0 Å². The van der Waals surface area contributed by atoms with Gasteiger partial charge in [0.25, 0.3) is 0 Å². The summed E-state index contributed by atoms with van der Waals surface area (Å²) in [5.41, 5.74) is 0.814. The minimum atomic E-state index is 0. The fourth-order valence-electron chi connectivity index (χ4n) is 3.38. The second kappa shape index (κ2) is 11.1. The zero-order valence-electron chi connectivity index (χ0n) is 16.1. The summed E-state index contributed by atoms with van der Waals surface area (Å²) in [5.74, 6) is 3.01. The zero-order chi connectivity index (χ0) is 18.2. The fraction of sp³-hybridized carbons (Fsp3) is 0.632. The smallest absolute Gasteiger partial charge is 0.220 e. The third-order valence-electron chi connectivity index (χ3n) is 4.98. The van der Waals surface area contributed by atoms with Crippen LogP contribution in [-0.4, -0.2) is 40.3 Å². The second-order valence-corrected chi connectivity index (χ2v) is 6.56. The number of piperidine rings is 1. The summed E-state index contributed by atoms with van der Waals surface area (Å²) in [6.45, 7) is 4.64. The van der Waals surface area contributed by atoms with Gasteiger partial charge in [0.05, 0.1) is 33.4 Å². The van der Waals surface area contributed by atoms with E-state index in [4.69, 9.17) is 14.2 Å². The van der Waals surface area contributed by atoms with Crippen LogP contribution in [0.1, 0.15) is 31.7 Å². The SMILES string of the molecule is COc1cc(OC)c(CNC(=O)CC(C)C2CCNCC2)c(OC)c1.Cl. The number of nitrogens with one attached hydrogen (secondary N) is 2. The molecule has 0 saturated carbocycles. The van der Waals surface area contributed by atoms with Crippen LogP contribution in [0.3, 0.4) is 0 Å². The van der Waals surface area contributed by atoms with Crippen LogP contribution in [0.5, 0.6) is 17.2 Å². The van der Waals surface area contributed by atoms with Gasteiger partial charge >= 0.3 is 0 Å². The number of hydrogen-bond acceptors (Lipinski definition) is 5. The normalized spacial score (nSPS) is 15.5. The van der Waals surface area contributed by atoms with Gasteiger partial charge in [-0.15, -0.1) is 12.4 Å². The molecular formula is C19H31ClN2O4. The Balaban J connectivity index is 0.00000338. The van der Waals surface area contributed by atoms with Crippen molar-refractivity contribution < 1.29 is 19.0 Å². The van der Waals surface area contributed by atoms with Gasteiger partial charge in [0.15, 0.2) is 0 Å². The van der Waals surface area contributed by atoms with Crippen LogP contribution in [-0.2, 0) is 11.3 Å². The van der Waals surface area contributed by atoms with E-state index in [1.165, 1.54) is 0 Å². The molecule has 1 aromatic carbocycles. The molecule has 1 heterocycles. The first-order chi connectivity index (χ1) is 12.1. The molecule has 2 rings (SSSR count). The lowest BCUT2D eigenvalue weighted by Crippen LogP contribution is -2.33. The number of ether oxygens (including phenoxy) is 3. The highest BCUT2D eigenvalue weighted by atomic mass is 35.5. The van der Waals surface area contributed by atoms with E-state index in [0.717, 1.165) is 31.5 Å². The number of halogens is 1. The van der Waals surface area contributed by atoms with Crippen LogP contribution in [0.4, 0.5) is 0 Å². The molecule has 0 bridgehead atoms. The molecule has 148 valence electrons. The number of amides is 1. The number of carbonyl (C=O) groups excluding carboxylic acids is 1. The summed E-state index contributed by atoms with van der Waals surface area (Å²) in [4.78, 5) is 12.4. The largest absolute Gasteiger partial charge is 0.496 e. The van der Waals surface area contributed by atoms with Crippen molar-refractivity contribution in [1.29, 1.82) is 0 Å².